The van der Waals surface area contributed by atoms with Crippen LogP contribution in [0.25, 0.3) is 0 Å². The van der Waals surface area contributed by atoms with Gasteiger partial charge in [0.1, 0.15) is 0 Å². The van der Waals surface area contributed by atoms with Crippen LogP contribution in [0.5, 0.6) is 0 Å². The predicted octanol–water partition coefficient (Wildman–Crippen LogP) is 1.63. The lowest BCUT2D eigenvalue weighted by Crippen LogP contribution is -2.41. The number of rotatable bonds is 1. The van der Waals surface area contributed by atoms with Gasteiger partial charge in [0, 0.05) is 19.1 Å². The Bertz CT molecular complexity index is 163. The lowest BCUT2D eigenvalue weighted by atomic mass is 10.0. The Morgan fingerprint density at radius 3 is 2.31 bits per heavy atom. The number of hydrogen-bond donors (Lipinski definition) is 1. The van der Waals surface area contributed by atoms with Gasteiger partial charge in [-0.05, 0) is 38.0 Å². The quantitative estimate of drug-likeness (QED) is 0.668. The number of nitrogens with zero attached hydrogens (tertiary/aromatic N) is 1. The van der Waals surface area contributed by atoms with E-state index >= 15 is 0 Å². The Hall–Kier alpha value is -0.0800. The Morgan fingerprint density at radius 1 is 1.08 bits per heavy atom. The second-order valence-corrected chi connectivity index (χ2v) is 4.84. The molecule has 2 heteroatoms. The summed E-state index contributed by atoms with van der Waals surface area (Å²) >= 11 is 0. The van der Waals surface area contributed by atoms with E-state index in [1.54, 1.807) is 0 Å². The Balaban J connectivity index is 1.81. The van der Waals surface area contributed by atoms with Gasteiger partial charge in [-0.3, -0.25) is 0 Å². The normalized spacial score (nSPS) is 38.3. The molecule has 2 fully saturated rings. The smallest absolute Gasteiger partial charge is 0.0564 e. The first-order chi connectivity index (χ1) is 6.25. The van der Waals surface area contributed by atoms with E-state index in [-0.39, 0.29) is 6.10 Å². The summed E-state index contributed by atoms with van der Waals surface area (Å²) in [6.45, 7) is 4.61. The van der Waals surface area contributed by atoms with E-state index in [0.717, 1.165) is 37.9 Å². The van der Waals surface area contributed by atoms with Gasteiger partial charge in [0.15, 0.2) is 0 Å². The summed E-state index contributed by atoms with van der Waals surface area (Å²) in [5.41, 5.74) is 0. The third kappa shape index (κ3) is 2.23. The van der Waals surface area contributed by atoms with Crippen LogP contribution in [0.4, 0.5) is 0 Å². The molecule has 2 unspecified atom stereocenters. The van der Waals surface area contributed by atoms with Crippen molar-refractivity contribution in [3.05, 3.63) is 0 Å². The number of aliphatic hydroxyl groups excluding tert-OH is 1. The Labute approximate surface area is 80.9 Å². The van der Waals surface area contributed by atoms with E-state index in [2.05, 4.69) is 11.8 Å². The third-order valence-electron chi connectivity index (χ3n) is 3.68. The number of likely N-dealkylation sites (tertiary alicyclic amines) is 1. The molecule has 2 rings (SSSR count). The molecular formula is C11H21NO. The summed E-state index contributed by atoms with van der Waals surface area (Å²) in [5, 5.41) is 9.40. The van der Waals surface area contributed by atoms with Crippen molar-refractivity contribution in [3.63, 3.8) is 0 Å². The molecule has 13 heavy (non-hydrogen) atoms. The maximum atomic E-state index is 9.40. The van der Waals surface area contributed by atoms with Gasteiger partial charge < -0.3 is 10.0 Å². The van der Waals surface area contributed by atoms with Gasteiger partial charge in [0.25, 0.3) is 0 Å². The van der Waals surface area contributed by atoms with Gasteiger partial charge >= 0.3 is 0 Å². The lowest BCUT2D eigenvalue weighted by Gasteiger charge is -2.34. The second-order valence-electron chi connectivity index (χ2n) is 4.84. The zero-order valence-electron chi connectivity index (χ0n) is 8.58. The van der Waals surface area contributed by atoms with Crippen molar-refractivity contribution >= 4 is 0 Å². The van der Waals surface area contributed by atoms with Crippen LogP contribution in [-0.2, 0) is 0 Å². The molecular weight excluding hydrogens is 162 g/mol. The third-order valence-corrected chi connectivity index (χ3v) is 3.68. The zero-order chi connectivity index (χ0) is 9.26. The highest BCUT2D eigenvalue weighted by molar-refractivity contribution is 4.84. The molecule has 1 heterocycles. The van der Waals surface area contributed by atoms with E-state index < -0.39 is 0 Å². The fraction of sp³-hybridized carbons (Fsp3) is 1.00. The van der Waals surface area contributed by atoms with Crippen LogP contribution in [0.15, 0.2) is 0 Å². The average Bonchev–Trinajstić information content (AvgIpc) is 2.53. The zero-order valence-corrected chi connectivity index (χ0v) is 8.58. The first-order valence-electron chi connectivity index (χ1n) is 5.68. The molecule has 1 aliphatic heterocycles. The van der Waals surface area contributed by atoms with Crippen molar-refractivity contribution in [2.24, 2.45) is 5.92 Å². The van der Waals surface area contributed by atoms with Crippen LogP contribution in [0.2, 0.25) is 0 Å². The molecule has 2 nitrogen and oxygen atoms in total. The van der Waals surface area contributed by atoms with E-state index in [9.17, 15) is 5.11 Å². The molecule has 0 aromatic carbocycles. The highest BCUT2D eigenvalue weighted by Gasteiger charge is 2.29. The van der Waals surface area contributed by atoms with E-state index in [1.807, 2.05) is 0 Å². The topological polar surface area (TPSA) is 23.5 Å². The highest BCUT2D eigenvalue weighted by Crippen LogP contribution is 2.30. The summed E-state index contributed by atoms with van der Waals surface area (Å²) in [5.74, 6) is 0.928. The van der Waals surface area contributed by atoms with Crippen LogP contribution in [0.3, 0.4) is 0 Å². The summed E-state index contributed by atoms with van der Waals surface area (Å²) in [6, 6.07) is 0.836. The average molecular weight is 183 g/mol. The van der Waals surface area contributed by atoms with Gasteiger partial charge in [-0.25, -0.2) is 0 Å². The molecule has 76 valence electrons. The molecule has 2 aliphatic rings. The van der Waals surface area contributed by atoms with Crippen molar-refractivity contribution in [1.82, 2.24) is 4.90 Å². The van der Waals surface area contributed by atoms with Crippen LogP contribution < -0.4 is 0 Å². The van der Waals surface area contributed by atoms with E-state index in [1.165, 1.54) is 19.3 Å². The summed E-state index contributed by atoms with van der Waals surface area (Å²) in [4.78, 5) is 2.59. The Morgan fingerprint density at radius 2 is 1.77 bits per heavy atom. The molecule has 0 bridgehead atoms. The minimum atomic E-state index is -0.0184. The molecule has 0 amide bonds. The van der Waals surface area contributed by atoms with Gasteiger partial charge in [-0.1, -0.05) is 6.92 Å². The van der Waals surface area contributed by atoms with Crippen molar-refractivity contribution in [1.29, 1.82) is 0 Å². The monoisotopic (exact) mass is 183 g/mol. The van der Waals surface area contributed by atoms with E-state index in [0.29, 0.717) is 0 Å². The van der Waals surface area contributed by atoms with Crippen LogP contribution in [-0.4, -0.2) is 35.2 Å². The summed E-state index contributed by atoms with van der Waals surface area (Å²) < 4.78 is 0. The molecule has 1 saturated carbocycles. The SMILES string of the molecule is CC1CCC(N2CCC(O)CC2)C1. The molecule has 2 atom stereocenters. The van der Waals surface area contributed by atoms with Crippen molar-refractivity contribution in [2.75, 3.05) is 13.1 Å². The fourth-order valence-corrected chi connectivity index (χ4v) is 2.76. The molecule has 1 aliphatic carbocycles. The Kier molecular flexibility index (Phi) is 2.89. The van der Waals surface area contributed by atoms with Crippen molar-refractivity contribution < 1.29 is 5.11 Å². The standard InChI is InChI=1S/C11H21NO/c1-9-2-3-10(8-9)12-6-4-11(13)5-7-12/h9-11,13H,2-8H2,1H3. The van der Waals surface area contributed by atoms with Crippen LogP contribution >= 0.6 is 0 Å². The minimum Gasteiger partial charge on any atom is -0.393 e. The minimum absolute atomic E-state index is 0.0184. The molecule has 0 aromatic heterocycles. The second kappa shape index (κ2) is 3.97. The summed E-state index contributed by atoms with van der Waals surface area (Å²) in [6.07, 6.45) is 6.14. The number of hydrogen-bond acceptors (Lipinski definition) is 2. The number of piperidine rings is 1. The molecule has 0 spiro atoms. The molecule has 0 aromatic rings. The van der Waals surface area contributed by atoms with Crippen LogP contribution in [0.1, 0.15) is 39.0 Å². The van der Waals surface area contributed by atoms with Crippen LogP contribution in [0, 0.1) is 5.92 Å². The summed E-state index contributed by atoms with van der Waals surface area (Å²) in [7, 11) is 0. The molecule has 0 radical (unpaired) electrons. The van der Waals surface area contributed by atoms with Gasteiger partial charge in [0.05, 0.1) is 6.10 Å². The lowest BCUT2D eigenvalue weighted by molar-refractivity contribution is 0.0613. The van der Waals surface area contributed by atoms with E-state index in [4.69, 9.17) is 0 Å². The molecule has 1 N–H and O–H groups in total. The predicted molar refractivity (Wildman–Crippen MR) is 53.6 cm³/mol. The maximum Gasteiger partial charge on any atom is 0.0564 e. The number of aliphatic hydroxyl groups is 1. The fourth-order valence-electron chi connectivity index (χ4n) is 2.76. The van der Waals surface area contributed by atoms with Crippen molar-refractivity contribution in [2.45, 2.75) is 51.2 Å². The largest absolute Gasteiger partial charge is 0.393 e. The van der Waals surface area contributed by atoms with Crippen molar-refractivity contribution in [3.8, 4) is 0 Å². The van der Waals surface area contributed by atoms with Gasteiger partial charge in [-0.2, -0.15) is 0 Å². The first kappa shape index (κ1) is 9.47. The van der Waals surface area contributed by atoms with Gasteiger partial charge in [0.2, 0.25) is 0 Å². The highest BCUT2D eigenvalue weighted by atomic mass is 16.3. The van der Waals surface area contributed by atoms with Gasteiger partial charge in [-0.15, -0.1) is 0 Å². The maximum absolute atomic E-state index is 9.40. The first-order valence-corrected chi connectivity index (χ1v) is 5.68. The molecule has 1 saturated heterocycles.